The molecule has 0 amide bonds. The lowest BCUT2D eigenvalue weighted by molar-refractivity contribution is 0.392. The van der Waals surface area contributed by atoms with Crippen LogP contribution in [0.3, 0.4) is 0 Å². The van der Waals surface area contributed by atoms with Crippen LogP contribution in [-0.2, 0) is 13.1 Å². The van der Waals surface area contributed by atoms with Gasteiger partial charge < -0.3 is 10.2 Å². The molecule has 1 aromatic heterocycles. The highest BCUT2D eigenvalue weighted by molar-refractivity contribution is 5.47. The van der Waals surface area contributed by atoms with Crippen molar-refractivity contribution in [3.05, 3.63) is 53.2 Å². The van der Waals surface area contributed by atoms with E-state index in [-0.39, 0.29) is 11.5 Å². The normalized spacial score (nSPS) is 10.4. The third-order valence-corrected chi connectivity index (χ3v) is 2.86. The van der Waals surface area contributed by atoms with Gasteiger partial charge in [-0.25, -0.2) is 14.4 Å². The molecule has 0 unspecified atom stereocenters. The van der Waals surface area contributed by atoms with Gasteiger partial charge in [-0.1, -0.05) is 6.07 Å². The topological polar surface area (TPSA) is 64.8 Å². The highest BCUT2D eigenvalue weighted by Crippen LogP contribution is 2.14. The minimum Gasteiger partial charge on any atom is -0.364 e. The summed E-state index contributed by atoms with van der Waals surface area (Å²) in [5.74, 6) is 0.211. The Morgan fingerprint density at radius 1 is 1.29 bits per heavy atom. The highest BCUT2D eigenvalue weighted by atomic mass is 19.1. The molecule has 0 radical (unpaired) electrons. The standard InChI is InChI=1S/C15H16FN5/c1-21(2)10-12-7-11(3-4-13(12)16)9-20-15-14(8-17)18-5-6-19-15/h3-7H,9-10H2,1-2H3,(H,19,20). The number of nitrogens with zero attached hydrogens (tertiary/aromatic N) is 4. The fourth-order valence-corrected chi connectivity index (χ4v) is 1.93. The van der Waals surface area contributed by atoms with Crippen molar-refractivity contribution in [2.45, 2.75) is 13.1 Å². The lowest BCUT2D eigenvalue weighted by atomic mass is 10.1. The van der Waals surface area contributed by atoms with Gasteiger partial charge in [0, 0.05) is 31.0 Å². The largest absolute Gasteiger partial charge is 0.364 e. The summed E-state index contributed by atoms with van der Waals surface area (Å²) in [6, 6.07) is 6.95. The number of hydrogen-bond donors (Lipinski definition) is 1. The van der Waals surface area contributed by atoms with Gasteiger partial charge in [0.2, 0.25) is 0 Å². The zero-order chi connectivity index (χ0) is 15.2. The third kappa shape index (κ3) is 3.97. The molecule has 0 aliphatic rings. The lowest BCUT2D eigenvalue weighted by Gasteiger charge is -2.12. The van der Waals surface area contributed by atoms with Gasteiger partial charge in [0.25, 0.3) is 0 Å². The van der Waals surface area contributed by atoms with E-state index in [1.165, 1.54) is 18.5 Å². The molecule has 0 saturated carbocycles. The zero-order valence-electron chi connectivity index (χ0n) is 12.0. The maximum atomic E-state index is 13.7. The number of aromatic nitrogens is 2. The lowest BCUT2D eigenvalue weighted by Crippen LogP contribution is -2.12. The summed E-state index contributed by atoms with van der Waals surface area (Å²) in [6.45, 7) is 0.988. The van der Waals surface area contributed by atoms with E-state index >= 15 is 0 Å². The van der Waals surface area contributed by atoms with Crippen LogP contribution in [0.2, 0.25) is 0 Å². The van der Waals surface area contributed by atoms with Gasteiger partial charge in [-0.2, -0.15) is 5.26 Å². The van der Waals surface area contributed by atoms with Gasteiger partial charge in [0.05, 0.1) is 0 Å². The van der Waals surface area contributed by atoms with Gasteiger partial charge in [-0.3, -0.25) is 0 Å². The minimum absolute atomic E-state index is 0.218. The van der Waals surface area contributed by atoms with Crippen LogP contribution < -0.4 is 5.32 Å². The van der Waals surface area contributed by atoms with Crippen molar-refractivity contribution >= 4 is 5.82 Å². The number of nitrogens with one attached hydrogen (secondary N) is 1. The molecule has 0 fully saturated rings. The monoisotopic (exact) mass is 285 g/mol. The Balaban J connectivity index is 2.12. The van der Waals surface area contributed by atoms with E-state index < -0.39 is 0 Å². The molecule has 6 heteroatoms. The number of rotatable bonds is 5. The van der Waals surface area contributed by atoms with E-state index in [1.54, 1.807) is 6.07 Å². The fourth-order valence-electron chi connectivity index (χ4n) is 1.93. The zero-order valence-corrected chi connectivity index (χ0v) is 12.0. The maximum absolute atomic E-state index is 13.7. The first-order valence-corrected chi connectivity index (χ1v) is 6.47. The van der Waals surface area contributed by atoms with Gasteiger partial charge >= 0.3 is 0 Å². The molecular formula is C15H16FN5. The second-order valence-electron chi connectivity index (χ2n) is 4.88. The van der Waals surface area contributed by atoms with E-state index in [9.17, 15) is 4.39 Å². The van der Waals surface area contributed by atoms with Crippen LogP contribution in [0.4, 0.5) is 10.2 Å². The van der Waals surface area contributed by atoms with Crippen LogP contribution in [0.15, 0.2) is 30.6 Å². The summed E-state index contributed by atoms with van der Waals surface area (Å²) in [5, 5.41) is 12.0. The average Bonchev–Trinajstić information content (AvgIpc) is 2.48. The van der Waals surface area contributed by atoms with Gasteiger partial charge in [0.1, 0.15) is 11.9 Å². The number of hydrogen-bond acceptors (Lipinski definition) is 5. The molecule has 0 spiro atoms. The smallest absolute Gasteiger partial charge is 0.182 e. The van der Waals surface area contributed by atoms with Crippen molar-refractivity contribution in [3.63, 3.8) is 0 Å². The second-order valence-corrected chi connectivity index (χ2v) is 4.88. The van der Waals surface area contributed by atoms with Gasteiger partial charge in [-0.05, 0) is 31.8 Å². The van der Waals surface area contributed by atoms with E-state index in [0.29, 0.717) is 24.5 Å². The summed E-state index contributed by atoms with van der Waals surface area (Å²) in [7, 11) is 3.78. The Hall–Kier alpha value is -2.52. The van der Waals surface area contributed by atoms with Crippen LogP contribution in [0.5, 0.6) is 0 Å². The van der Waals surface area contributed by atoms with Crippen molar-refractivity contribution in [3.8, 4) is 6.07 Å². The Kier molecular flexibility index (Phi) is 4.80. The molecule has 0 aliphatic heterocycles. The molecule has 1 aromatic carbocycles. The maximum Gasteiger partial charge on any atom is 0.182 e. The molecule has 108 valence electrons. The Bertz CT molecular complexity index is 663. The number of halogens is 1. The summed E-state index contributed by atoms with van der Waals surface area (Å²) < 4.78 is 13.7. The van der Waals surface area contributed by atoms with E-state index in [4.69, 9.17) is 5.26 Å². The summed E-state index contributed by atoms with van der Waals surface area (Å²) in [5.41, 5.74) is 1.80. The molecule has 21 heavy (non-hydrogen) atoms. The molecule has 0 aliphatic carbocycles. The molecular weight excluding hydrogens is 269 g/mol. The molecule has 0 atom stereocenters. The first kappa shape index (κ1) is 14.9. The number of nitriles is 1. The van der Waals surface area contributed by atoms with E-state index in [1.807, 2.05) is 31.1 Å². The molecule has 1 heterocycles. The van der Waals surface area contributed by atoms with Crippen molar-refractivity contribution in [1.82, 2.24) is 14.9 Å². The molecule has 2 aromatic rings. The molecule has 2 rings (SSSR count). The summed E-state index contributed by atoms with van der Waals surface area (Å²) in [4.78, 5) is 9.91. The Labute approximate surface area is 123 Å². The first-order chi connectivity index (χ1) is 10.1. The second kappa shape index (κ2) is 6.77. The van der Waals surface area contributed by atoms with Crippen LogP contribution in [0.1, 0.15) is 16.8 Å². The predicted molar refractivity (Wildman–Crippen MR) is 77.9 cm³/mol. The SMILES string of the molecule is CN(C)Cc1cc(CNc2nccnc2C#N)ccc1F. The van der Waals surface area contributed by atoms with Crippen LogP contribution >= 0.6 is 0 Å². The van der Waals surface area contributed by atoms with E-state index in [2.05, 4.69) is 15.3 Å². The minimum atomic E-state index is -0.218. The van der Waals surface area contributed by atoms with Crippen molar-refractivity contribution < 1.29 is 4.39 Å². The van der Waals surface area contributed by atoms with Crippen molar-refractivity contribution in [2.75, 3.05) is 19.4 Å². The fraction of sp³-hybridized carbons (Fsp3) is 0.267. The third-order valence-electron chi connectivity index (χ3n) is 2.86. The first-order valence-electron chi connectivity index (χ1n) is 6.47. The quantitative estimate of drug-likeness (QED) is 0.912. The van der Waals surface area contributed by atoms with Crippen LogP contribution in [-0.4, -0.2) is 29.0 Å². The highest BCUT2D eigenvalue weighted by Gasteiger charge is 2.07. The summed E-state index contributed by atoms with van der Waals surface area (Å²) in [6.07, 6.45) is 2.99. The number of benzene rings is 1. The average molecular weight is 285 g/mol. The van der Waals surface area contributed by atoms with E-state index in [0.717, 1.165) is 5.56 Å². The summed E-state index contributed by atoms with van der Waals surface area (Å²) >= 11 is 0. The Morgan fingerprint density at radius 2 is 2.05 bits per heavy atom. The molecule has 5 nitrogen and oxygen atoms in total. The molecule has 1 N–H and O–H groups in total. The number of anilines is 1. The molecule has 0 saturated heterocycles. The van der Waals surface area contributed by atoms with Gasteiger partial charge in [0.15, 0.2) is 11.5 Å². The van der Waals surface area contributed by atoms with Crippen molar-refractivity contribution in [2.24, 2.45) is 0 Å². The van der Waals surface area contributed by atoms with Crippen LogP contribution in [0, 0.1) is 17.1 Å². The van der Waals surface area contributed by atoms with Crippen LogP contribution in [0.25, 0.3) is 0 Å². The Morgan fingerprint density at radius 3 is 2.76 bits per heavy atom. The predicted octanol–water partition coefficient (Wildman–Crippen LogP) is 2.16. The van der Waals surface area contributed by atoms with Gasteiger partial charge in [-0.15, -0.1) is 0 Å². The molecule has 0 bridgehead atoms. The van der Waals surface area contributed by atoms with Crippen molar-refractivity contribution in [1.29, 1.82) is 5.26 Å².